The van der Waals surface area contributed by atoms with Gasteiger partial charge in [0.05, 0.1) is 30.7 Å². The lowest BCUT2D eigenvalue weighted by Gasteiger charge is -2.10. The Morgan fingerprint density at radius 1 is 1.48 bits per heavy atom. The number of carbonyl (C=O) groups excluding carboxylic acids is 1. The highest BCUT2D eigenvalue weighted by molar-refractivity contribution is 7.98. The number of aromatic nitrogens is 2. The molecule has 0 fully saturated rings. The van der Waals surface area contributed by atoms with Gasteiger partial charge in [0.2, 0.25) is 0 Å². The summed E-state index contributed by atoms with van der Waals surface area (Å²) in [4.78, 5) is 16.1. The van der Waals surface area contributed by atoms with E-state index in [4.69, 9.17) is 4.74 Å². The molecule has 6 nitrogen and oxygen atoms in total. The van der Waals surface area contributed by atoms with E-state index in [0.29, 0.717) is 18.9 Å². The average molecular weight is 338 g/mol. The molecule has 0 aliphatic carbocycles. The lowest BCUT2D eigenvalue weighted by atomic mass is 10.3. The predicted molar refractivity (Wildman–Crippen MR) is 88.4 cm³/mol. The third-order valence-electron chi connectivity index (χ3n) is 3.15. The van der Waals surface area contributed by atoms with Gasteiger partial charge < -0.3 is 19.9 Å². The second kappa shape index (κ2) is 7.87. The minimum atomic E-state index is -0.545. The molecule has 1 aromatic heterocycles. The summed E-state index contributed by atoms with van der Waals surface area (Å²) < 4.78 is 21.0. The molecule has 0 aliphatic rings. The second-order valence-electron chi connectivity index (χ2n) is 4.68. The van der Waals surface area contributed by atoms with Crippen molar-refractivity contribution < 1.29 is 13.9 Å². The monoisotopic (exact) mass is 338 g/mol. The minimum absolute atomic E-state index is 0.0979. The molecule has 1 heterocycles. The van der Waals surface area contributed by atoms with Crippen LogP contribution in [0.4, 0.5) is 14.9 Å². The van der Waals surface area contributed by atoms with Gasteiger partial charge >= 0.3 is 6.03 Å². The Hall–Kier alpha value is -2.22. The molecule has 0 bridgehead atoms. The highest BCUT2D eigenvalue weighted by Gasteiger charge is 2.10. The molecule has 23 heavy (non-hydrogen) atoms. The van der Waals surface area contributed by atoms with Gasteiger partial charge in [0, 0.05) is 13.1 Å². The van der Waals surface area contributed by atoms with Crippen LogP contribution >= 0.6 is 11.8 Å². The summed E-state index contributed by atoms with van der Waals surface area (Å²) in [5, 5.41) is 6.01. The first-order valence-corrected chi connectivity index (χ1v) is 8.29. The minimum Gasteiger partial charge on any atom is -0.494 e. The molecule has 2 aromatic rings. The number of rotatable bonds is 6. The maximum Gasteiger partial charge on any atom is 0.319 e. The Balaban J connectivity index is 1.93. The molecule has 0 radical (unpaired) electrons. The van der Waals surface area contributed by atoms with E-state index in [-0.39, 0.29) is 5.69 Å². The Morgan fingerprint density at radius 3 is 2.87 bits per heavy atom. The molecule has 2 amide bonds. The Morgan fingerprint density at radius 2 is 2.26 bits per heavy atom. The van der Waals surface area contributed by atoms with Crippen molar-refractivity contribution in [3.63, 3.8) is 0 Å². The van der Waals surface area contributed by atoms with E-state index < -0.39 is 11.8 Å². The van der Waals surface area contributed by atoms with Gasteiger partial charge in [0.1, 0.15) is 11.6 Å². The molecule has 8 heteroatoms. The van der Waals surface area contributed by atoms with Gasteiger partial charge in [0.15, 0.2) is 5.16 Å². The number of ether oxygens (including phenoxy) is 1. The number of thioether (sulfide) groups is 1. The zero-order chi connectivity index (χ0) is 16.8. The number of amides is 2. The lowest BCUT2D eigenvalue weighted by Crippen LogP contribution is -2.29. The van der Waals surface area contributed by atoms with Crippen molar-refractivity contribution in [1.82, 2.24) is 14.9 Å². The lowest BCUT2D eigenvalue weighted by molar-refractivity contribution is 0.251. The van der Waals surface area contributed by atoms with Crippen molar-refractivity contribution in [3.8, 4) is 5.75 Å². The number of nitrogens with one attached hydrogen (secondary N) is 2. The molecule has 0 spiro atoms. The molecule has 0 atom stereocenters. The molecular formula is C15H19FN4O2S. The van der Waals surface area contributed by atoms with Crippen molar-refractivity contribution in [3.05, 3.63) is 35.9 Å². The van der Waals surface area contributed by atoms with Crippen molar-refractivity contribution >= 4 is 23.5 Å². The van der Waals surface area contributed by atoms with Crippen molar-refractivity contribution in [2.45, 2.75) is 18.6 Å². The highest BCUT2D eigenvalue weighted by Crippen LogP contribution is 2.20. The topological polar surface area (TPSA) is 68.2 Å². The number of benzene rings is 1. The summed E-state index contributed by atoms with van der Waals surface area (Å²) in [6.07, 6.45) is 3.63. The van der Waals surface area contributed by atoms with Gasteiger partial charge in [-0.2, -0.15) is 0 Å². The zero-order valence-corrected chi connectivity index (χ0v) is 14.0. The zero-order valence-electron chi connectivity index (χ0n) is 13.2. The predicted octanol–water partition coefficient (Wildman–Crippen LogP) is 3.00. The quantitative estimate of drug-likeness (QED) is 0.795. The van der Waals surface area contributed by atoms with E-state index in [9.17, 15) is 9.18 Å². The smallest absolute Gasteiger partial charge is 0.319 e. The molecule has 0 aliphatic heterocycles. The fourth-order valence-electron chi connectivity index (χ4n) is 1.97. The number of hydrogen-bond donors (Lipinski definition) is 2. The van der Waals surface area contributed by atoms with E-state index in [1.807, 2.05) is 24.8 Å². The molecule has 124 valence electrons. The van der Waals surface area contributed by atoms with Crippen LogP contribution in [-0.4, -0.2) is 28.4 Å². The maximum absolute atomic E-state index is 13.9. The summed E-state index contributed by atoms with van der Waals surface area (Å²) in [5.41, 5.74) is 0.956. The maximum atomic E-state index is 13.9. The number of hydrogen-bond acceptors (Lipinski definition) is 4. The largest absolute Gasteiger partial charge is 0.494 e. The molecular weight excluding hydrogens is 319 g/mol. The standard InChI is InChI=1S/C15H19FN4O2S/c1-4-22-11-5-6-13(12(16)7-11)19-14(21)17-8-10-9-18-15(23-3)20(10)2/h5-7,9H,4,8H2,1-3H3,(H2,17,19,21). The van der Waals surface area contributed by atoms with Crippen molar-refractivity contribution in [2.24, 2.45) is 7.05 Å². The van der Waals surface area contributed by atoms with E-state index in [0.717, 1.165) is 10.9 Å². The van der Waals surface area contributed by atoms with E-state index in [1.54, 1.807) is 12.3 Å². The number of nitrogens with zero attached hydrogens (tertiary/aromatic N) is 2. The fourth-order valence-corrected chi connectivity index (χ4v) is 2.52. The van der Waals surface area contributed by atoms with Gasteiger partial charge in [0.25, 0.3) is 0 Å². The number of anilines is 1. The normalized spacial score (nSPS) is 10.4. The van der Waals surface area contributed by atoms with Crippen LogP contribution in [0.1, 0.15) is 12.6 Å². The molecule has 2 rings (SSSR count). The first-order chi connectivity index (χ1) is 11.0. The Labute approximate surface area is 138 Å². The van der Waals surface area contributed by atoms with Gasteiger partial charge in [-0.1, -0.05) is 11.8 Å². The van der Waals surface area contributed by atoms with Crippen LogP contribution in [0.3, 0.4) is 0 Å². The summed E-state index contributed by atoms with van der Waals surface area (Å²) in [6, 6.07) is 3.83. The SMILES string of the molecule is CCOc1ccc(NC(=O)NCc2cnc(SC)n2C)c(F)c1. The van der Waals surface area contributed by atoms with E-state index in [1.165, 1.54) is 23.9 Å². The number of urea groups is 1. The molecule has 2 N–H and O–H groups in total. The van der Waals surface area contributed by atoms with Crippen LogP contribution in [0.25, 0.3) is 0 Å². The molecule has 1 aromatic carbocycles. The van der Waals surface area contributed by atoms with Crippen molar-refractivity contribution in [1.29, 1.82) is 0 Å². The summed E-state index contributed by atoms with van der Waals surface area (Å²) in [7, 11) is 1.87. The van der Waals surface area contributed by atoms with Crippen LogP contribution in [-0.2, 0) is 13.6 Å². The van der Waals surface area contributed by atoms with Crippen molar-refractivity contribution in [2.75, 3.05) is 18.2 Å². The third kappa shape index (κ3) is 4.38. The molecule has 0 saturated carbocycles. The summed E-state index contributed by atoms with van der Waals surface area (Å²) in [5.74, 6) is -0.119. The first-order valence-electron chi connectivity index (χ1n) is 7.07. The van der Waals surface area contributed by atoms with Crippen LogP contribution in [0.15, 0.2) is 29.6 Å². The number of carbonyl (C=O) groups is 1. The fraction of sp³-hybridized carbons (Fsp3) is 0.333. The Bertz CT molecular complexity index is 690. The van der Waals surface area contributed by atoms with Crippen LogP contribution < -0.4 is 15.4 Å². The van der Waals surface area contributed by atoms with Gasteiger partial charge in [-0.25, -0.2) is 14.2 Å². The van der Waals surface area contributed by atoms with Gasteiger partial charge in [-0.15, -0.1) is 0 Å². The second-order valence-corrected chi connectivity index (χ2v) is 5.45. The van der Waals surface area contributed by atoms with Crippen LogP contribution in [0, 0.1) is 5.82 Å². The number of halogens is 1. The van der Waals surface area contributed by atoms with Crippen LogP contribution in [0.2, 0.25) is 0 Å². The average Bonchev–Trinajstić information content (AvgIpc) is 2.88. The highest BCUT2D eigenvalue weighted by atomic mass is 32.2. The third-order valence-corrected chi connectivity index (χ3v) is 3.90. The summed E-state index contributed by atoms with van der Waals surface area (Å²) >= 11 is 1.52. The van der Waals surface area contributed by atoms with Gasteiger partial charge in [-0.05, 0) is 25.3 Å². The first kappa shape index (κ1) is 17.1. The number of imidazole rings is 1. The molecule has 0 unspecified atom stereocenters. The van der Waals surface area contributed by atoms with E-state index in [2.05, 4.69) is 15.6 Å². The Kier molecular flexibility index (Phi) is 5.86. The van der Waals surface area contributed by atoms with E-state index >= 15 is 0 Å². The summed E-state index contributed by atoms with van der Waals surface area (Å²) in [6.45, 7) is 2.57. The van der Waals surface area contributed by atoms with Crippen LogP contribution in [0.5, 0.6) is 5.75 Å². The van der Waals surface area contributed by atoms with Gasteiger partial charge in [-0.3, -0.25) is 0 Å². The molecule has 0 saturated heterocycles.